The topological polar surface area (TPSA) is 214 Å². The molecule has 6 atom stereocenters. The molecule has 13 nitrogen and oxygen atoms in total. The molecule has 13 heteroatoms. The van der Waals surface area contributed by atoms with Gasteiger partial charge >= 0.3 is 0 Å². The van der Waals surface area contributed by atoms with E-state index in [1.165, 1.54) is 31.1 Å². The first-order valence-corrected chi connectivity index (χ1v) is 13.4. The second-order valence-electron chi connectivity index (χ2n) is 11.5. The number of benzene rings is 1. The smallest absolute Gasteiger partial charge is 0.255 e. The van der Waals surface area contributed by atoms with Gasteiger partial charge in [-0.25, -0.2) is 0 Å². The van der Waals surface area contributed by atoms with Crippen LogP contribution in [0.25, 0.3) is 0 Å². The fourth-order valence-electron chi connectivity index (χ4n) is 7.06. The SMILES string of the molecule is CC1c2ccc(NC(=O)CN3CCCC3)c(O)c2C(=O)C2=C(O)[C@]3(O)C(=O)C(C(N)=O)=C(O)[C@@H](N(C)C)C3C(O)C21. The van der Waals surface area contributed by atoms with E-state index in [0.717, 1.165) is 25.9 Å². The summed E-state index contributed by atoms with van der Waals surface area (Å²) in [5, 5.41) is 59.5. The number of aliphatic hydroxyl groups excluding tert-OH is 3. The quantitative estimate of drug-likeness (QED) is 0.180. The third kappa shape index (κ3) is 4.06. The molecule has 1 fully saturated rings. The number of ketones is 2. The van der Waals surface area contributed by atoms with Gasteiger partial charge in [0, 0.05) is 11.5 Å². The molecule has 1 heterocycles. The molecule has 1 aromatic rings. The van der Waals surface area contributed by atoms with Crippen LogP contribution in [0.2, 0.25) is 0 Å². The van der Waals surface area contributed by atoms with Gasteiger partial charge in [-0.1, -0.05) is 13.0 Å². The van der Waals surface area contributed by atoms with Gasteiger partial charge in [0.2, 0.25) is 11.7 Å². The van der Waals surface area contributed by atoms with Gasteiger partial charge in [0.15, 0.2) is 17.1 Å². The van der Waals surface area contributed by atoms with Crippen LogP contribution in [0.1, 0.15) is 41.6 Å². The summed E-state index contributed by atoms with van der Waals surface area (Å²) in [4.78, 5) is 55.4. The molecule has 220 valence electrons. The van der Waals surface area contributed by atoms with Crippen LogP contribution in [-0.4, -0.2) is 110 Å². The van der Waals surface area contributed by atoms with E-state index in [1.54, 1.807) is 6.92 Å². The van der Waals surface area contributed by atoms with Crippen molar-refractivity contribution in [1.29, 1.82) is 0 Å². The maximum Gasteiger partial charge on any atom is 0.255 e. The number of aromatic hydroxyl groups is 1. The van der Waals surface area contributed by atoms with E-state index in [1.807, 2.05) is 4.90 Å². The number of carbonyl (C=O) groups excluding carboxylic acids is 4. The highest BCUT2D eigenvalue weighted by molar-refractivity contribution is 6.25. The van der Waals surface area contributed by atoms with Crippen LogP contribution in [0.4, 0.5) is 5.69 Å². The first kappa shape index (κ1) is 28.7. The van der Waals surface area contributed by atoms with Crippen LogP contribution in [-0.2, 0) is 14.4 Å². The Morgan fingerprint density at radius 3 is 2.37 bits per heavy atom. The van der Waals surface area contributed by atoms with Crippen LogP contribution < -0.4 is 11.1 Å². The van der Waals surface area contributed by atoms with Crippen LogP contribution in [0.15, 0.2) is 34.8 Å². The van der Waals surface area contributed by atoms with E-state index >= 15 is 0 Å². The number of nitrogens with one attached hydrogen (secondary N) is 1. The van der Waals surface area contributed by atoms with E-state index in [2.05, 4.69) is 5.32 Å². The number of likely N-dealkylation sites (tertiary alicyclic amines) is 1. The summed E-state index contributed by atoms with van der Waals surface area (Å²) < 4.78 is 0. The zero-order chi connectivity index (χ0) is 30.1. The second-order valence-corrected chi connectivity index (χ2v) is 11.5. The third-order valence-corrected chi connectivity index (χ3v) is 8.97. The van der Waals surface area contributed by atoms with Gasteiger partial charge in [-0.2, -0.15) is 0 Å². The minimum atomic E-state index is -2.99. The Bertz CT molecular complexity index is 1430. The van der Waals surface area contributed by atoms with Gasteiger partial charge in [0.1, 0.15) is 17.1 Å². The first-order chi connectivity index (χ1) is 19.2. The lowest BCUT2D eigenvalue weighted by atomic mass is 9.55. The minimum Gasteiger partial charge on any atom is -0.510 e. The number of rotatable bonds is 5. The lowest BCUT2D eigenvalue weighted by molar-refractivity contribution is -0.162. The Kier molecular flexibility index (Phi) is 6.97. The number of likely N-dealkylation sites (N-methyl/N-ethyl adjacent to an activating group) is 1. The number of hydrogen-bond acceptors (Lipinski definition) is 11. The molecule has 3 aliphatic carbocycles. The van der Waals surface area contributed by atoms with E-state index in [0.29, 0.717) is 5.56 Å². The summed E-state index contributed by atoms with van der Waals surface area (Å²) in [5.41, 5.74) is 0.906. The Labute approximate surface area is 235 Å². The molecule has 4 unspecified atom stereocenters. The Morgan fingerprint density at radius 1 is 1.15 bits per heavy atom. The molecule has 4 aliphatic rings. The molecular formula is C28H34N4O9. The van der Waals surface area contributed by atoms with Gasteiger partial charge < -0.3 is 36.6 Å². The Morgan fingerprint density at radius 2 is 1.78 bits per heavy atom. The largest absolute Gasteiger partial charge is 0.510 e. The number of aliphatic hydroxyl groups is 4. The molecule has 41 heavy (non-hydrogen) atoms. The highest BCUT2D eigenvalue weighted by atomic mass is 16.4. The molecule has 0 spiro atoms. The average molecular weight is 571 g/mol. The molecule has 0 bridgehead atoms. The maximum absolute atomic E-state index is 13.9. The van der Waals surface area contributed by atoms with Crippen LogP contribution in [0, 0.1) is 11.8 Å². The number of phenolic OH excluding ortho intramolecular Hbond substituents is 1. The highest BCUT2D eigenvalue weighted by Crippen LogP contribution is 2.56. The van der Waals surface area contributed by atoms with E-state index < -0.39 is 87.3 Å². The number of nitrogens with zero attached hydrogens (tertiary/aromatic N) is 2. The second kappa shape index (κ2) is 9.94. The Hall–Kier alpha value is -3.78. The van der Waals surface area contributed by atoms with Crippen molar-refractivity contribution in [2.24, 2.45) is 17.6 Å². The first-order valence-electron chi connectivity index (χ1n) is 13.4. The summed E-state index contributed by atoms with van der Waals surface area (Å²) in [7, 11) is 2.95. The zero-order valence-electron chi connectivity index (χ0n) is 22.9. The fraction of sp³-hybridized carbons (Fsp3) is 0.500. The molecular weight excluding hydrogens is 536 g/mol. The molecule has 2 amide bonds. The lowest BCUT2D eigenvalue weighted by Crippen LogP contribution is -2.68. The molecule has 1 saturated heterocycles. The van der Waals surface area contributed by atoms with Crippen molar-refractivity contribution in [3.8, 4) is 5.75 Å². The van der Waals surface area contributed by atoms with Crippen LogP contribution in [0.3, 0.4) is 0 Å². The van der Waals surface area contributed by atoms with E-state index in [4.69, 9.17) is 5.73 Å². The minimum absolute atomic E-state index is 0.0368. The monoisotopic (exact) mass is 570 g/mol. The van der Waals surface area contributed by atoms with Crippen molar-refractivity contribution in [1.82, 2.24) is 9.80 Å². The number of fused-ring (bicyclic) bond motifs is 3. The number of primary amides is 1. The van der Waals surface area contributed by atoms with Crippen molar-refractivity contribution >= 4 is 29.1 Å². The van der Waals surface area contributed by atoms with Gasteiger partial charge in [0.25, 0.3) is 5.91 Å². The number of Topliss-reactive ketones (excluding diaryl/α,β-unsaturated/α-hetero) is 2. The number of hydrogen-bond donors (Lipinski definition) is 7. The number of phenols is 1. The van der Waals surface area contributed by atoms with Gasteiger partial charge in [-0.3, -0.25) is 29.0 Å². The number of carbonyl (C=O) groups is 4. The normalized spacial score (nSPS) is 31.7. The van der Waals surface area contributed by atoms with E-state index in [-0.39, 0.29) is 17.8 Å². The van der Waals surface area contributed by atoms with Crippen molar-refractivity contribution in [2.45, 2.75) is 43.4 Å². The molecule has 0 radical (unpaired) electrons. The summed E-state index contributed by atoms with van der Waals surface area (Å²) in [6, 6.07) is 1.65. The molecule has 1 aromatic carbocycles. The number of anilines is 1. The molecule has 1 aliphatic heterocycles. The van der Waals surface area contributed by atoms with Crippen LogP contribution >= 0.6 is 0 Å². The highest BCUT2D eigenvalue weighted by Gasteiger charge is 2.67. The lowest BCUT2D eigenvalue weighted by Gasteiger charge is -2.53. The van der Waals surface area contributed by atoms with Crippen molar-refractivity contribution < 1.29 is 44.7 Å². The average Bonchev–Trinajstić information content (AvgIpc) is 3.40. The standard InChI is InChI=1S/C28H34N4O9/c1-11-12-6-7-13(30-14(33)10-32-8-4-5-9-32)21(34)16(12)22(35)17-15(11)23(36)19-20(31(2)3)24(37)18(27(29)40)26(39)28(19,41)25(17)38/h6-7,11,15,19-20,23,34,36-38,41H,4-5,8-10H2,1-3H3,(H2,29,40)(H,30,33)/t11?,15?,19?,20-,23?,28-/m0/s1. The molecule has 0 saturated carbocycles. The fourth-order valence-corrected chi connectivity index (χ4v) is 7.06. The Balaban J connectivity index is 1.62. The van der Waals surface area contributed by atoms with Crippen molar-refractivity contribution in [3.05, 3.63) is 45.9 Å². The molecule has 8 N–H and O–H groups in total. The van der Waals surface area contributed by atoms with Gasteiger partial charge in [-0.05, 0) is 57.6 Å². The summed E-state index contributed by atoms with van der Waals surface area (Å²) in [6.45, 7) is 3.30. The van der Waals surface area contributed by atoms with Crippen LogP contribution in [0.5, 0.6) is 5.75 Å². The molecule has 0 aromatic heterocycles. The predicted molar refractivity (Wildman–Crippen MR) is 144 cm³/mol. The van der Waals surface area contributed by atoms with Crippen molar-refractivity contribution in [2.75, 3.05) is 39.0 Å². The zero-order valence-corrected chi connectivity index (χ0v) is 22.9. The van der Waals surface area contributed by atoms with Gasteiger partial charge in [-0.15, -0.1) is 0 Å². The van der Waals surface area contributed by atoms with Gasteiger partial charge in [0.05, 0.1) is 35.9 Å². The number of nitrogens with two attached hydrogens (primary N) is 1. The molecule has 5 rings (SSSR count). The summed E-state index contributed by atoms with van der Waals surface area (Å²) in [5.74, 6) is -10.1. The predicted octanol–water partition coefficient (Wildman–Crippen LogP) is -0.313. The summed E-state index contributed by atoms with van der Waals surface area (Å²) in [6.07, 6.45) is 0.292. The summed E-state index contributed by atoms with van der Waals surface area (Å²) >= 11 is 0. The maximum atomic E-state index is 13.9. The van der Waals surface area contributed by atoms with Crippen molar-refractivity contribution in [3.63, 3.8) is 0 Å². The third-order valence-electron chi connectivity index (χ3n) is 8.97. The van der Waals surface area contributed by atoms with E-state index in [9.17, 15) is 44.7 Å². The number of amides is 2.